The highest BCUT2D eigenvalue weighted by molar-refractivity contribution is 5.89. The average molecular weight is 450 g/mol. The number of hydrogen-bond acceptors (Lipinski definition) is 4. The molecule has 1 aromatic rings. The average Bonchev–Trinajstić information content (AvgIpc) is 3.39. The zero-order valence-electron chi connectivity index (χ0n) is 20.2. The third kappa shape index (κ3) is 3.07. The van der Waals surface area contributed by atoms with Crippen LogP contribution in [-0.4, -0.2) is 37.8 Å². The zero-order valence-corrected chi connectivity index (χ0v) is 20.2. The lowest BCUT2D eigenvalue weighted by molar-refractivity contribution is -0.138. The van der Waals surface area contributed by atoms with Gasteiger partial charge in [-0.15, -0.1) is 0 Å². The van der Waals surface area contributed by atoms with E-state index in [0.29, 0.717) is 29.0 Å². The van der Waals surface area contributed by atoms with Crippen LogP contribution in [0.25, 0.3) is 6.08 Å². The van der Waals surface area contributed by atoms with Crippen molar-refractivity contribution in [3.05, 3.63) is 35.4 Å². The van der Waals surface area contributed by atoms with Gasteiger partial charge in [-0.05, 0) is 85.5 Å². The van der Waals surface area contributed by atoms with Gasteiger partial charge in [-0.3, -0.25) is 4.79 Å². The highest BCUT2D eigenvalue weighted by atomic mass is 16.7. The third-order valence-corrected chi connectivity index (χ3v) is 9.81. The van der Waals surface area contributed by atoms with Gasteiger partial charge in [0.2, 0.25) is 18.4 Å². The second-order valence-electron chi connectivity index (χ2n) is 11.5. The first-order valence-electron chi connectivity index (χ1n) is 12.5. The molecule has 2 heterocycles. The molecule has 3 saturated carbocycles. The third-order valence-electron chi connectivity index (χ3n) is 9.81. The number of ether oxygens (including phenoxy) is 3. The van der Waals surface area contributed by atoms with Crippen LogP contribution in [0.1, 0.15) is 57.9 Å². The highest BCUT2D eigenvalue weighted by Gasteiger charge is 2.58. The molecular weight excluding hydrogens is 414 g/mol. The SMILES string of the molecule is COc1cc(C=C2C[C@H]3[C@@H]4CC[C@H]5N(C)C(=O)C=C[C@]5(C)[C@H]4CC[C@]3(C)C2)cc2c1OCO2. The Morgan fingerprint density at radius 2 is 2.00 bits per heavy atom. The molecule has 176 valence electrons. The number of benzene rings is 1. The first kappa shape index (κ1) is 21.1. The van der Waals surface area contributed by atoms with Crippen LogP contribution < -0.4 is 14.2 Å². The Balaban J connectivity index is 1.29. The summed E-state index contributed by atoms with van der Waals surface area (Å²) in [7, 11) is 3.68. The van der Waals surface area contributed by atoms with Crippen molar-refractivity contribution < 1.29 is 19.0 Å². The highest BCUT2D eigenvalue weighted by Crippen LogP contribution is 2.65. The van der Waals surface area contributed by atoms with E-state index in [1.54, 1.807) is 12.7 Å². The summed E-state index contributed by atoms with van der Waals surface area (Å²) in [6.07, 6.45) is 13.7. The summed E-state index contributed by atoms with van der Waals surface area (Å²) in [5.41, 5.74) is 3.15. The predicted octanol–water partition coefficient (Wildman–Crippen LogP) is 5.45. The number of allylic oxidation sites excluding steroid dienone is 1. The number of likely N-dealkylation sites (N-methyl/N-ethyl adjacent to an activating group) is 1. The van der Waals surface area contributed by atoms with Crippen LogP contribution in [0.2, 0.25) is 0 Å². The van der Waals surface area contributed by atoms with Crippen LogP contribution >= 0.6 is 0 Å². The van der Waals surface area contributed by atoms with E-state index >= 15 is 0 Å². The Hall–Kier alpha value is -2.43. The van der Waals surface area contributed by atoms with Crippen molar-refractivity contribution in [1.29, 1.82) is 0 Å². The Kier molecular flexibility index (Phi) is 4.66. The van der Waals surface area contributed by atoms with Gasteiger partial charge in [-0.1, -0.05) is 31.6 Å². The van der Waals surface area contributed by atoms with E-state index in [1.165, 1.54) is 32.1 Å². The molecule has 1 aromatic carbocycles. The second kappa shape index (κ2) is 7.28. The first-order chi connectivity index (χ1) is 15.8. The largest absolute Gasteiger partial charge is 0.493 e. The molecule has 6 rings (SSSR count). The van der Waals surface area contributed by atoms with Crippen LogP contribution in [-0.2, 0) is 4.79 Å². The van der Waals surface area contributed by atoms with Gasteiger partial charge in [0.15, 0.2) is 11.5 Å². The van der Waals surface area contributed by atoms with Gasteiger partial charge < -0.3 is 19.1 Å². The van der Waals surface area contributed by atoms with Gasteiger partial charge >= 0.3 is 0 Å². The van der Waals surface area contributed by atoms with Crippen molar-refractivity contribution in [3.8, 4) is 17.2 Å². The molecule has 2 aliphatic heterocycles. The summed E-state index contributed by atoms with van der Waals surface area (Å²) in [6, 6.07) is 4.49. The Morgan fingerprint density at radius 3 is 2.82 bits per heavy atom. The number of fused-ring (bicyclic) bond motifs is 6. The minimum atomic E-state index is 0.101. The first-order valence-corrected chi connectivity index (χ1v) is 12.5. The molecule has 0 saturated heterocycles. The fraction of sp³-hybridized carbons (Fsp3) is 0.607. The number of methoxy groups -OCH3 is 1. The van der Waals surface area contributed by atoms with Crippen LogP contribution in [0, 0.1) is 28.6 Å². The molecule has 33 heavy (non-hydrogen) atoms. The van der Waals surface area contributed by atoms with E-state index in [9.17, 15) is 4.79 Å². The van der Waals surface area contributed by atoms with Gasteiger partial charge in [0.05, 0.1) is 7.11 Å². The van der Waals surface area contributed by atoms with E-state index in [4.69, 9.17) is 14.2 Å². The van der Waals surface area contributed by atoms with E-state index < -0.39 is 0 Å². The van der Waals surface area contributed by atoms with Crippen LogP contribution in [0.3, 0.4) is 0 Å². The Labute approximate surface area is 196 Å². The normalized spacial score (nSPS) is 39.9. The van der Waals surface area contributed by atoms with Gasteiger partial charge in [0.1, 0.15) is 0 Å². The quantitative estimate of drug-likeness (QED) is 0.603. The van der Waals surface area contributed by atoms with Crippen LogP contribution in [0.15, 0.2) is 29.9 Å². The second-order valence-corrected chi connectivity index (χ2v) is 11.5. The Morgan fingerprint density at radius 1 is 1.15 bits per heavy atom. The van der Waals surface area contributed by atoms with Gasteiger partial charge in [-0.25, -0.2) is 0 Å². The molecule has 3 fully saturated rings. The summed E-state index contributed by atoms with van der Waals surface area (Å²) in [4.78, 5) is 14.3. The summed E-state index contributed by atoms with van der Waals surface area (Å²) >= 11 is 0. The molecule has 5 aliphatic rings. The molecule has 1 amide bonds. The van der Waals surface area contributed by atoms with Crippen molar-refractivity contribution in [3.63, 3.8) is 0 Å². The molecule has 0 bridgehead atoms. The smallest absolute Gasteiger partial charge is 0.246 e. The molecular formula is C28H35NO4. The number of carbonyl (C=O) groups is 1. The van der Waals surface area contributed by atoms with E-state index in [-0.39, 0.29) is 18.1 Å². The maximum absolute atomic E-state index is 12.3. The molecule has 0 radical (unpaired) electrons. The number of amides is 1. The Bertz CT molecular complexity index is 1060. The molecule has 0 unspecified atom stereocenters. The van der Waals surface area contributed by atoms with Gasteiger partial charge in [0.25, 0.3) is 0 Å². The fourth-order valence-corrected chi connectivity index (χ4v) is 8.20. The molecule has 3 aliphatic carbocycles. The molecule has 0 N–H and O–H groups in total. The fourth-order valence-electron chi connectivity index (χ4n) is 8.20. The van der Waals surface area contributed by atoms with Crippen LogP contribution in [0.4, 0.5) is 0 Å². The van der Waals surface area contributed by atoms with E-state index in [2.05, 4.69) is 38.1 Å². The minimum absolute atomic E-state index is 0.101. The number of nitrogens with zero attached hydrogens (tertiary/aromatic N) is 1. The molecule has 6 atom stereocenters. The number of rotatable bonds is 2. The molecule has 5 nitrogen and oxygen atoms in total. The van der Waals surface area contributed by atoms with Crippen molar-refractivity contribution in [2.24, 2.45) is 28.6 Å². The summed E-state index contributed by atoms with van der Waals surface area (Å²) in [5.74, 6) is 4.50. The van der Waals surface area contributed by atoms with Gasteiger partial charge in [0, 0.05) is 18.5 Å². The monoisotopic (exact) mass is 449 g/mol. The summed E-state index contributed by atoms with van der Waals surface area (Å²) < 4.78 is 16.8. The van der Waals surface area contributed by atoms with Crippen molar-refractivity contribution >= 4 is 12.0 Å². The van der Waals surface area contributed by atoms with Crippen LogP contribution in [0.5, 0.6) is 17.2 Å². The maximum Gasteiger partial charge on any atom is 0.246 e. The van der Waals surface area contributed by atoms with E-state index in [0.717, 1.165) is 29.4 Å². The van der Waals surface area contributed by atoms with Gasteiger partial charge in [-0.2, -0.15) is 0 Å². The zero-order chi connectivity index (χ0) is 23.0. The van der Waals surface area contributed by atoms with Crippen molar-refractivity contribution in [2.45, 2.75) is 58.4 Å². The molecule has 0 aromatic heterocycles. The number of carbonyl (C=O) groups excluding carboxylic acids is 1. The molecule has 0 spiro atoms. The lowest BCUT2D eigenvalue weighted by Crippen LogP contribution is -2.59. The predicted molar refractivity (Wildman–Crippen MR) is 127 cm³/mol. The lowest BCUT2D eigenvalue weighted by Gasteiger charge is -2.59. The van der Waals surface area contributed by atoms with Crippen molar-refractivity contribution in [1.82, 2.24) is 4.90 Å². The lowest BCUT2D eigenvalue weighted by atomic mass is 9.48. The van der Waals surface area contributed by atoms with Crippen molar-refractivity contribution in [2.75, 3.05) is 21.0 Å². The molecule has 5 heteroatoms. The standard InChI is InChI=1S/C28H35NO4/c1-27-9-7-20-19(5-6-24-28(20,2)10-8-25(30)29(24)3)21(27)12-18(15-27)11-17-13-22(31-4)26-23(14-17)32-16-33-26/h8,10-11,13-14,19-21,24H,5-7,9,12,15-16H2,1-4H3/t19-,20+,21+,24-,27-,28-/m1/s1. The topological polar surface area (TPSA) is 48.0 Å². The summed E-state index contributed by atoms with van der Waals surface area (Å²) in [6.45, 7) is 5.20. The minimum Gasteiger partial charge on any atom is -0.493 e. The number of hydrogen-bond donors (Lipinski definition) is 0. The summed E-state index contributed by atoms with van der Waals surface area (Å²) in [5, 5.41) is 0. The maximum atomic E-state index is 12.3. The van der Waals surface area contributed by atoms with E-state index in [1.807, 2.05) is 18.0 Å².